The zero-order valence-electron chi connectivity index (χ0n) is 16.4. The van der Waals surface area contributed by atoms with E-state index in [0.29, 0.717) is 21.7 Å². The second kappa shape index (κ2) is 8.02. The van der Waals surface area contributed by atoms with Crippen LogP contribution in [0.3, 0.4) is 0 Å². The highest BCUT2D eigenvalue weighted by atomic mass is 35.5. The minimum absolute atomic E-state index is 0.283. The number of hydrogen-bond acceptors (Lipinski definition) is 5. The Balaban J connectivity index is 1.75. The Kier molecular flexibility index (Phi) is 5.42. The van der Waals surface area contributed by atoms with E-state index in [2.05, 4.69) is 20.3 Å². The van der Waals surface area contributed by atoms with Crippen LogP contribution in [0.4, 0.5) is 5.13 Å². The number of carbonyl (C=O) groups is 1. The minimum atomic E-state index is -0.436. The van der Waals surface area contributed by atoms with Gasteiger partial charge in [0.1, 0.15) is 5.82 Å². The molecule has 0 atom stereocenters. The first-order valence-corrected chi connectivity index (χ1v) is 10.5. The predicted molar refractivity (Wildman–Crippen MR) is 122 cm³/mol. The maximum absolute atomic E-state index is 12.9. The Labute approximate surface area is 183 Å². The number of rotatable bonds is 5. The average Bonchev–Trinajstić information content (AvgIpc) is 3.38. The van der Waals surface area contributed by atoms with Gasteiger partial charge >= 0.3 is 0 Å². The van der Waals surface area contributed by atoms with Crippen molar-refractivity contribution in [3.63, 3.8) is 0 Å². The van der Waals surface area contributed by atoms with Crippen molar-refractivity contribution < 1.29 is 4.79 Å². The first-order valence-electron chi connectivity index (χ1n) is 9.28. The summed E-state index contributed by atoms with van der Waals surface area (Å²) < 4.78 is 0. The van der Waals surface area contributed by atoms with Crippen LogP contribution in [0.25, 0.3) is 22.6 Å². The van der Waals surface area contributed by atoms with Gasteiger partial charge in [-0.1, -0.05) is 48.0 Å². The molecule has 8 heteroatoms. The highest BCUT2D eigenvalue weighted by molar-refractivity contribution is 7.13. The van der Waals surface area contributed by atoms with Gasteiger partial charge in [0.05, 0.1) is 5.69 Å². The first-order chi connectivity index (χ1) is 14.3. The number of hydrogen-bond donors (Lipinski definition) is 3. The summed E-state index contributed by atoms with van der Waals surface area (Å²) in [5, 5.41) is 5.73. The number of nitrogens with two attached hydrogens (primary N) is 1. The molecule has 4 N–H and O–H groups in total. The van der Waals surface area contributed by atoms with Gasteiger partial charge in [0.25, 0.3) is 5.91 Å². The van der Waals surface area contributed by atoms with Gasteiger partial charge < -0.3 is 10.7 Å². The molecule has 4 aromatic rings. The fourth-order valence-corrected chi connectivity index (χ4v) is 3.65. The lowest BCUT2D eigenvalue weighted by atomic mass is 9.95. The number of thiazole rings is 1. The number of halogens is 1. The highest BCUT2D eigenvalue weighted by Gasteiger charge is 2.21. The topological polar surface area (TPSA) is 96.7 Å². The molecule has 4 rings (SSSR count). The lowest BCUT2D eigenvalue weighted by Gasteiger charge is -2.19. The molecule has 0 saturated carbocycles. The molecule has 1 amide bonds. The van der Waals surface area contributed by atoms with Crippen LogP contribution in [-0.4, -0.2) is 20.9 Å². The third-order valence-corrected chi connectivity index (χ3v) is 5.55. The standard InChI is InChI=1S/C22H20ClN5OS/c1-22(2,24)15-7-3-14(4-8-15)19-26-17(13-5-9-16(23)10-6-13)18(27-19)20(29)28-21-25-11-12-30-21/h3-12H,24H2,1-2H3,(H,26,27)(H,25,28,29). The molecule has 0 spiro atoms. The second-order valence-corrected chi connectivity index (χ2v) is 8.74. The maximum atomic E-state index is 12.9. The van der Waals surface area contributed by atoms with Crippen molar-refractivity contribution in [3.8, 4) is 22.6 Å². The summed E-state index contributed by atoms with van der Waals surface area (Å²) in [6.07, 6.45) is 1.64. The zero-order valence-corrected chi connectivity index (χ0v) is 18.0. The van der Waals surface area contributed by atoms with Gasteiger partial charge in [-0.25, -0.2) is 9.97 Å². The van der Waals surface area contributed by atoms with Crippen molar-refractivity contribution in [2.24, 2.45) is 5.73 Å². The molecule has 0 radical (unpaired) electrons. The SMILES string of the molecule is CC(C)(N)c1ccc(-c2nc(C(=O)Nc3nccs3)c(-c3ccc(Cl)cc3)[nH]2)cc1. The minimum Gasteiger partial charge on any atom is -0.337 e. The number of carbonyl (C=O) groups excluding carboxylic acids is 1. The summed E-state index contributed by atoms with van der Waals surface area (Å²) in [7, 11) is 0. The number of nitrogens with one attached hydrogen (secondary N) is 2. The number of imidazole rings is 1. The molecule has 0 saturated heterocycles. The number of aromatic amines is 1. The van der Waals surface area contributed by atoms with Crippen molar-refractivity contribution in [2.75, 3.05) is 5.32 Å². The number of nitrogens with zero attached hydrogens (tertiary/aromatic N) is 2. The van der Waals surface area contributed by atoms with Crippen molar-refractivity contribution >= 4 is 34.0 Å². The van der Waals surface area contributed by atoms with Crippen molar-refractivity contribution in [1.82, 2.24) is 15.0 Å². The summed E-state index contributed by atoms with van der Waals surface area (Å²) in [6, 6.07) is 15.1. The second-order valence-electron chi connectivity index (χ2n) is 7.41. The Morgan fingerprint density at radius 3 is 2.37 bits per heavy atom. The van der Waals surface area contributed by atoms with E-state index in [4.69, 9.17) is 17.3 Å². The Bertz CT molecular complexity index is 1160. The quantitative estimate of drug-likeness (QED) is 0.394. The molecule has 2 aromatic heterocycles. The van der Waals surface area contributed by atoms with E-state index in [0.717, 1.165) is 16.7 Å². The smallest absolute Gasteiger partial charge is 0.278 e. The van der Waals surface area contributed by atoms with Crippen LogP contribution in [0.15, 0.2) is 60.1 Å². The molecule has 30 heavy (non-hydrogen) atoms. The van der Waals surface area contributed by atoms with Crippen LogP contribution in [0.1, 0.15) is 29.9 Å². The molecule has 2 heterocycles. The van der Waals surface area contributed by atoms with Crippen molar-refractivity contribution in [3.05, 3.63) is 76.4 Å². The number of anilines is 1. The van der Waals surface area contributed by atoms with Crippen molar-refractivity contribution in [2.45, 2.75) is 19.4 Å². The van der Waals surface area contributed by atoms with Gasteiger partial charge in [0.15, 0.2) is 10.8 Å². The van der Waals surface area contributed by atoms with Crippen LogP contribution in [0, 0.1) is 0 Å². The van der Waals surface area contributed by atoms with Gasteiger partial charge in [0, 0.05) is 33.3 Å². The third kappa shape index (κ3) is 4.28. The van der Waals surface area contributed by atoms with Crippen LogP contribution in [-0.2, 0) is 5.54 Å². The largest absolute Gasteiger partial charge is 0.337 e. The van der Waals surface area contributed by atoms with Crippen LogP contribution in [0.5, 0.6) is 0 Å². The van der Waals surface area contributed by atoms with Crippen LogP contribution >= 0.6 is 22.9 Å². The molecule has 6 nitrogen and oxygen atoms in total. The molecule has 0 aliphatic rings. The number of benzene rings is 2. The maximum Gasteiger partial charge on any atom is 0.278 e. The van der Waals surface area contributed by atoms with Gasteiger partial charge in [-0.3, -0.25) is 10.1 Å². The lowest BCUT2D eigenvalue weighted by molar-refractivity contribution is 0.102. The zero-order chi connectivity index (χ0) is 21.3. The molecule has 0 aliphatic heterocycles. The fourth-order valence-electron chi connectivity index (χ4n) is 3.00. The molecule has 0 fully saturated rings. The average molecular weight is 438 g/mol. The summed E-state index contributed by atoms with van der Waals surface area (Å²) in [4.78, 5) is 24.9. The normalized spacial score (nSPS) is 11.5. The highest BCUT2D eigenvalue weighted by Crippen LogP contribution is 2.29. The molecular formula is C22H20ClN5OS. The van der Waals surface area contributed by atoms with Gasteiger partial charge in [-0.15, -0.1) is 11.3 Å². The Morgan fingerprint density at radius 2 is 1.77 bits per heavy atom. The third-order valence-electron chi connectivity index (χ3n) is 4.61. The van der Waals surface area contributed by atoms with Crippen LogP contribution in [0.2, 0.25) is 5.02 Å². The van der Waals surface area contributed by atoms with Gasteiger partial charge in [-0.05, 0) is 31.5 Å². The first kappa shape index (κ1) is 20.3. The summed E-state index contributed by atoms with van der Waals surface area (Å²) in [5.41, 5.74) is 9.30. The van der Waals surface area contributed by atoms with E-state index < -0.39 is 5.54 Å². The number of aromatic nitrogens is 3. The van der Waals surface area contributed by atoms with Crippen LogP contribution < -0.4 is 11.1 Å². The van der Waals surface area contributed by atoms with E-state index >= 15 is 0 Å². The van der Waals surface area contributed by atoms with E-state index in [1.165, 1.54) is 11.3 Å². The van der Waals surface area contributed by atoms with E-state index in [9.17, 15) is 4.79 Å². The van der Waals surface area contributed by atoms with Gasteiger partial charge in [0.2, 0.25) is 0 Å². The molecule has 0 unspecified atom stereocenters. The molecule has 0 bridgehead atoms. The Hall–Kier alpha value is -3.00. The molecule has 0 aliphatic carbocycles. The van der Waals surface area contributed by atoms with E-state index in [1.807, 2.05) is 50.2 Å². The van der Waals surface area contributed by atoms with Crippen molar-refractivity contribution in [1.29, 1.82) is 0 Å². The summed E-state index contributed by atoms with van der Waals surface area (Å²) >= 11 is 7.37. The van der Waals surface area contributed by atoms with E-state index in [-0.39, 0.29) is 11.6 Å². The van der Waals surface area contributed by atoms with E-state index in [1.54, 1.807) is 23.7 Å². The molecular weight excluding hydrogens is 418 g/mol. The summed E-state index contributed by atoms with van der Waals surface area (Å²) in [5.74, 6) is 0.253. The monoisotopic (exact) mass is 437 g/mol. The Morgan fingerprint density at radius 1 is 1.10 bits per heavy atom. The molecule has 152 valence electrons. The number of H-pyrrole nitrogens is 1. The predicted octanol–water partition coefficient (Wildman–Crippen LogP) is 5.30. The number of amides is 1. The summed E-state index contributed by atoms with van der Waals surface area (Å²) in [6.45, 7) is 3.91. The van der Waals surface area contributed by atoms with Gasteiger partial charge in [-0.2, -0.15) is 0 Å². The molecule has 2 aromatic carbocycles. The fraction of sp³-hybridized carbons (Fsp3) is 0.136. The lowest BCUT2D eigenvalue weighted by Crippen LogP contribution is -2.28.